The van der Waals surface area contributed by atoms with E-state index in [4.69, 9.17) is 8.83 Å². The van der Waals surface area contributed by atoms with Gasteiger partial charge in [-0.05, 0) is 50.2 Å². The summed E-state index contributed by atoms with van der Waals surface area (Å²) in [6, 6.07) is 15.4. The molecule has 6 nitrogen and oxygen atoms in total. The number of fused-ring (bicyclic) bond motifs is 3. The highest BCUT2D eigenvalue weighted by Crippen LogP contribution is 2.29. The molecule has 0 unspecified atom stereocenters. The Hall–Kier alpha value is -3.41. The third kappa shape index (κ3) is 2.15. The summed E-state index contributed by atoms with van der Waals surface area (Å²) in [5.41, 5.74) is 3.06. The Morgan fingerprint density at radius 3 is 2.24 bits per heavy atom. The summed E-state index contributed by atoms with van der Waals surface area (Å²) in [7, 11) is 0. The summed E-state index contributed by atoms with van der Waals surface area (Å²) in [6.07, 6.45) is 0. The minimum absolute atomic E-state index is 0.493. The van der Waals surface area contributed by atoms with Crippen LogP contribution in [0.15, 0.2) is 57.4 Å². The monoisotopic (exact) mass is 330 g/mol. The average molecular weight is 330 g/mol. The van der Waals surface area contributed by atoms with Crippen LogP contribution < -0.4 is 0 Å². The number of para-hydroxylation sites is 2. The van der Waals surface area contributed by atoms with Crippen molar-refractivity contribution in [2.45, 2.75) is 13.8 Å². The Morgan fingerprint density at radius 1 is 0.800 bits per heavy atom. The van der Waals surface area contributed by atoms with Gasteiger partial charge in [0.05, 0.1) is 11.0 Å². The predicted molar refractivity (Wildman–Crippen MR) is 93.2 cm³/mol. The fourth-order valence-electron chi connectivity index (χ4n) is 2.93. The number of nitrogens with zero attached hydrogens (tertiary/aromatic N) is 4. The van der Waals surface area contributed by atoms with Gasteiger partial charge in [0.15, 0.2) is 22.9 Å². The second kappa shape index (κ2) is 5.04. The third-order valence-electron chi connectivity index (χ3n) is 4.10. The molecule has 0 N–H and O–H groups in total. The summed E-state index contributed by atoms with van der Waals surface area (Å²) >= 11 is 0. The van der Waals surface area contributed by atoms with Gasteiger partial charge >= 0.3 is 0 Å². The van der Waals surface area contributed by atoms with Gasteiger partial charge < -0.3 is 8.83 Å². The minimum Gasteiger partial charge on any atom is -0.460 e. The van der Waals surface area contributed by atoms with Crippen LogP contribution in [0.3, 0.4) is 0 Å². The van der Waals surface area contributed by atoms with Gasteiger partial charge in [-0.15, -0.1) is 5.10 Å². The van der Waals surface area contributed by atoms with E-state index in [2.05, 4.69) is 15.1 Å². The van der Waals surface area contributed by atoms with Crippen molar-refractivity contribution < 1.29 is 8.83 Å². The predicted octanol–water partition coefficient (Wildman–Crippen LogP) is 4.41. The lowest BCUT2D eigenvalue weighted by Crippen LogP contribution is -2.00. The second-order valence-corrected chi connectivity index (χ2v) is 5.94. The SMILES string of the molecule is Cc1ccc(-c2nc(-c3ccc(C)o3)c3nc4ccccc4n3n2)o1. The van der Waals surface area contributed by atoms with E-state index < -0.39 is 0 Å². The molecule has 0 aliphatic carbocycles. The zero-order chi connectivity index (χ0) is 17.0. The smallest absolute Gasteiger partial charge is 0.216 e. The van der Waals surface area contributed by atoms with Crippen molar-refractivity contribution in [2.75, 3.05) is 0 Å². The van der Waals surface area contributed by atoms with Crippen molar-refractivity contribution in [3.05, 3.63) is 60.1 Å². The minimum atomic E-state index is 0.493. The maximum absolute atomic E-state index is 5.80. The molecule has 1 aromatic carbocycles. The fraction of sp³-hybridized carbons (Fsp3) is 0.105. The van der Waals surface area contributed by atoms with Crippen LogP contribution in [0.4, 0.5) is 0 Å². The standard InChI is InChI=1S/C19H14N4O2/c1-11-7-9-15(24-11)17-19-20-13-5-3-4-6-14(13)23(19)22-18(21-17)16-10-8-12(2)25-16/h3-10H,1-2H3. The molecule has 122 valence electrons. The van der Waals surface area contributed by atoms with E-state index in [0.717, 1.165) is 22.6 Å². The second-order valence-electron chi connectivity index (χ2n) is 5.94. The van der Waals surface area contributed by atoms with Crippen LogP contribution in [-0.4, -0.2) is 19.6 Å². The largest absolute Gasteiger partial charge is 0.460 e. The first-order valence-corrected chi connectivity index (χ1v) is 7.98. The molecule has 0 saturated carbocycles. The molecular formula is C19H14N4O2. The number of imidazole rings is 1. The van der Waals surface area contributed by atoms with Crippen LogP contribution in [0.2, 0.25) is 0 Å². The molecule has 5 rings (SSSR count). The van der Waals surface area contributed by atoms with Crippen LogP contribution >= 0.6 is 0 Å². The maximum atomic E-state index is 5.80. The summed E-state index contributed by atoms with van der Waals surface area (Å²) in [4.78, 5) is 9.37. The lowest BCUT2D eigenvalue weighted by Gasteiger charge is -2.03. The molecule has 0 saturated heterocycles. The molecule has 25 heavy (non-hydrogen) atoms. The molecule has 0 amide bonds. The highest BCUT2D eigenvalue weighted by atomic mass is 16.3. The van der Waals surface area contributed by atoms with E-state index in [9.17, 15) is 0 Å². The lowest BCUT2D eigenvalue weighted by molar-refractivity contribution is 0.539. The Kier molecular flexibility index (Phi) is 2.82. The van der Waals surface area contributed by atoms with Crippen LogP contribution in [0, 0.1) is 13.8 Å². The van der Waals surface area contributed by atoms with Crippen LogP contribution in [0.25, 0.3) is 39.7 Å². The first-order chi connectivity index (χ1) is 12.2. The van der Waals surface area contributed by atoms with Gasteiger partial charge in [0.1, 0.15) is 11.5 Å². The Labute approximate surface area is 142 Å². The topological polar surface area (TPSA) is 69.4 Å². The number of aromatic nitrogens is 4. The van der Waals surface area contributed by atoms with Crippen molar-refractivity contribution in [3.8, 4) is 23.0 Å². The molecule has 0 atom stereocenters. The number of furan rings is 2. The van der Waals surface area contributed by atoms with Gasteiger partial charge in [-0.25, -0.2) is 14.5 Å². The van der Waals surface area contributed by atoms with Crippen molar-refractivity contribution in [3.63, 3.8) is 0 Å². The van der Waals surface area contributed by atoms with Crippen LogP contribution in [-0.2, 0) is 0 Å². The Balaban J connectivity index is 1.89. The van der Waals surface area contributed by atoms with Crippen molar-refractivity contribution in [1.29, 1.82) is 0 Å². The van der Waals surface area contributed by atoms with Gasteiger partial charge in [0, 0.05) is 0 Å². The molecule has 0 spiro atoms. The quantitative estimate of drug-likeness (QED) is 0.479. The Bertz CT molecular complexity index is 1230. The third-order valence-corrected chi connectivity index (χ3v) is 4.10. The number of rotatable bonds is 2. The number of benzene rings is 1. The lowest BCUT2D eigenvalue weighted by atomic mass is 10.3. The van der Waals surface area contributed by atoms with E-state index in [1.54, 1.807) is 4.52 Å². The van der Waals surface area contributed by atoms with Crippen LogP contribution in [0.1, 0.15) is 11.5 Å². The molecule has 5 aromatic rings. The zero-order valence-corrected chi connectivity index (χ0v) is 13.7. The molecule has 6 heteroatoms. The number of aryl methyl sites for hydroxylation is 2. The summed E-state index contributed by atoms with van der Waals surface area (Å²) in [5, 5.41) is 4.65. The van der Waals surface area contributed by atoms with E-state index in [-0.39, 0.29) is 0 Å². The van der Waals surface area contributed by atoms with Crippen molar-refractivity contribution in [2.24, 2.45) is 0 Å². The highest BCUT2D eigenvalue weighted by molar-refractivity contribution is 5.85. The first-order valence-electron chi connectivity index (χ1n) is 7.98. The molecule has 4 heterocycles. The highest BCUT2D eigenvalue weighted by Gasteiger charge is 2.19. The van der Waals surface area contributed by atoms with E-state index in [0.29, 0.717) is 28.7 Å². The van der Waals surface area contributed by atoms with Gasteiger partial charge in [-0.3, -0.25) is 0 Å². The van der Waals surface area contributed by atoms with Crippen LogP contribution in [0.5, 0.6) is 0 Å². The number of hydrogen-bond donors (Lipinski definition) is 0. The first kappa shape index (κ1) is 14.0. The normalized spacial score (nSPS) is 11.6. The molecule has 0 radical (unpaired) electrons. The van der Waals surface area contributed by atoms with Crippen molar-refractivity contribution in [1.82, 2.24) is 19.6 Å². The zero-order valence-electron chi connectivity index (χ0n) is 13.7. The molecule has 0 aliphatic rings. The van der Waals surface area contributed by atoms with Crippen molar-refractivity contribution >= 4 is 16.7 Å². The maximum Gasteiger partial charge on any atom is 0.216 e. The fourth-order valence-corrected chi connectivity index (χ4v) is 2.93. The summed E-state index contributed by atoms with van der Waals surface area (Å²) in [5.74, 6) is 3.39. The summed E-state index contributed by atoms with van der Waals surface area (Å²) < 4.78 is 13.3. The Morgan fingerprint density at radius 2 is 1.52 bits per heavy atom. The average Bonchev–Trinajstić information content (AvgIpc) is 3.32. The van der Waals surface area contributed by atoms with Gasteiger partial charge in [0.2, 0.25) is 5.82 Å². The number of hydrogen-bond acceptors (Lipinski definition) is 5. The molecule has 4 aromatic heterocycles. The van der Waals surface area contributed by atoms with E-state index in [1.807, 2.05) is 62.4 Å². The molecule has 0 fully saturated rings. The molecular weight excluding hydrogens is 316 g/mol. The van der Waals surface area contributed by atoms with Gasteiger partial charge in [-0.1, -0.05) is 12.1 Å². The molecule has 0 aliphatic heterocycles. The van der Waals surface area contributed by atoms with Gasteiger partial charge in [-0.2, -0.15) is 0 Å². The van der Waals surface area contributed by atoms with E-state index >= 15 is 0 Å². The summed E-state index contributed by atoms with van der Waals surface area (Å²) in [6.45, 7) is 3.80. The molecule has 0 bridgehead atoms. The van der Waals surface area contributed by atoms with Gasteiger partial charge in [0.25, 0.3) is 0 Å². The van der Waals surface area contributed by atoms with E-state index in [1.165, 1.54) is 0 Å².